The van der Waals surface area contributed by atoms with E-state index in [-0.39, 0.29) is 18.8 Å². The Balaban J connectivity index is 2.20. The second kappa shape index (κ2) is 14.1. The molecule has 0 aliphatic carbocycles. The summed E-state index contributed by atoms with van der Waals surface area (Å²) >= 11 is 0. The molecular weight excluding hydrogens is 480 g/mol. The van der Waals surface area contributed by atoms with Crippen LogP contribution in [0.3, 0.4) is 0 Å². The number of benzene rings is 1. The molecule has 6 unspecified atom stereocenters. The molecule has 1 heterocycles. The number of carboxylic acids is 1. The van der Waals surface area contributed by atoms with E-state index in [9.17, 15) is 29.4 Å². The second-order valence-corrected chi connectivity index (χ2v) is 9.07. The van der Waals surface area contributed by atoms with E-state index in [1.807, 2.05) is 6.92 Å². The number of hydrogen-bond acceptors (Lipinski definition) is 7. The van der Waals surface area contributed by atoms with Crippen molar-refractivity contribution in [2.45, 2.75) is 70.3 Å². The van der Waals surface area contributed by atoms with Gasteiger partial charge in [0, 0.05) is 24.7 Å². The molecular formula is C25H36N6O6. The van der Waals surface area contributed by atoms with Gasteiger partial charge in [-0.05, 0) is 18.4 Å². The van der Waals surface area contributed by atoms with Gasteiger partial charge in [-0.2, -0.15) is 0 Å². The van der Waals surface area contributed by atoms with E-state index < -0.39 is 54.0 Å². The van der Waals surface area contributed by atoms with E-state index in [0.717, 1.165) is 5.56 Å². The second-order valence-electron chi connectivity index (χ2n) is 9.07. The van der Waals surface area contributed by atoms with Gasteiger partial charge in [0.1, 0.15) is 24.2 Å². The Bertz CT molecular complexity index is 1030. The molecule has 8 N–H and O–H groups in total. The molecule has 3 amide bonds. The van der Waals surface area contributed by atoms with Gasteiger partial charge in [-0.1, -0.05) is 50.6 Å². The number of rotatable bonds is 14. The van der Waals surface area contributed by atoms with Crippen LogP contribution in [-0.4, -0.2) is 74.1 Å². The summed E-state index contributed by atoms with van der Waals surface area (Å²) in [6, 6.07) is 4.19. The largest absolute Gasteiger partial charge is 0.480 e. The van der Waals surface area contributed by atoms with E-state index in [1.54, 1.807) is 37.3 Å². The van der Waals surface area contributed by atoms with Crippen molar-refractivity contribution in [1.29, 1.82) is 0 Å². The highest BCUT2D eigenvalue weighted by atomic mass is 16.4. The number of aliphatic hydroxyl groups is 1. The summed E-state index contributed by atoms with van der Waals surface area (Å²) in [6.07, 6.45) is 2.36. The Kier molecular flexibility index (Phi) is 11.2. The first-order chi connectivity index (χ1) is 17.5. The lowest BCUT2D eigenvalue weighted by Crippen LogP contribution is -2.60. The molecule has 2 rings (SSSR count). The van der Waals surface area contributed by atoms with Crippen LogP contribution in [-0.2, 0) is 32.0 Å². The molecule has 12 heteroatoms. The standard InChI is InChI=1S/C25H36N6O6/c1-4-14(2)21(24(35)30-19(25(36)37)10-16-8-6-5-7-9-16)31-22(33)18(11-17-12-27-13-28-17)29-23(34)20(26)15(3)32/h5-9,12-15,18-21,32H,4,10-11,26H2,1-3H3,(H,27,28)(H,29,34)(H,30,35)(H,31,33)(H,36,37). The van der Waals surface area contributed by atoms with Crippen molar-refractivity contribution in [3.8, 4) is 0 Å². The van der Waals surface area contributed by atoms with Gasteiger partial charge in [0.25, 0.3) is 0 Å². The van der Waals surface area contributed by atoms with Crippen molar-refractivity contribution in [2.24, 2.45) is 11.7 Å². The molecule has 0 saturated carbocycles. The number of nitrogens with zero attached hydrogens (tertiary/aromatic N) is 1. The fraction of sp³-hybridized carbons (Fsp3) is 0.480. The molecule has 0 aliphatic rings. The van der Waals surface area contributed by atoms with Crippen molar-refractivity contribution >= 4 is 23.7 Å². The van der Waals surface area contributed by atoms with Crippen LogP contribution in [0.15, 0.2) is 42.9 Å². The predicted molar refractivity (Wildman–Crippen MR) is 135 cm³/mol. The van der Waals surface area contributed by atoms with Gasteiger partial charge in [0.05, 0.1) is 12.4 Å². The Hall–Kier alpha value is -3.77. The maximum absolute atomic E-state index is 13.3. The van der Waals surface area contributed by atoms with Crippen molar-refractivity contribution < 1.29 is 29.4 Å². The number of amides is 3. The first-order valence-corrected chi connectivity index (χ1v) is 12.1. The third-order valence-electron chi connectivity index (χ3n) is 6.12. The molecule has 0 radical (unpaired) electrons. The summed E-state index contributed by atoms with van der Waals surface area (Å²) in [5, 5.41) is 27.1. The average Bonchev–Trinajstić information content (AvgIpc) is 3.38. The highest BCUT2D eigenvalue weighted by Crippen LogP contribution is 2.11. The van der Waals surface area contributed by atoms with Gasteiger partial charge in [-0.25, -0.2) is 9.78 Å². The zero-order chi connectivity index (χ0) is 27.5. The third kappa shape index (κ3) is 8.99. The SMILES string of the molecule is CCC(C)C(NC(=O)C(Cc1cnc[nH]1)NC(=O)C(N)C(C)O)C(=O)NC(Cc1ccccc1)C(=O)O. The molecule has 12 nitrogen and oxygen atoms in total. The summed E-state index contributed by atoms with van der Waals surface area (Å²) < 4.78 is 0. The van der Waals surface area contributed by atoms with Crippen molar-refractivity contribution in [1.82, 2.24) is 25.9 Å². The molecule has 0 bridgehead atoms. The molecule has 6 atom stereocenters. The fourth-order valence-corrected chi connectivity index (χ4v) is 3.58. The number of carboxylic acid groups (broad SMARTS) is 1. The number of H-pyrrole nitrogens is 1. The molecule has 1 aromatic carbocycles. The first kappa shape index (κ1) is 29.5. The molecule has 37 heavy (non-hydrogen) atoms. The zero-order valence-corrected chi connectivity index (χ0v) is 21.2. The molecule has 1 aromatic heterocycles. The maximum Gasteiger partial charge on any atom is 0.326 e. The fourth-order valence-electron chi connectivity index (χ4n) is 3.58. The minimum atomic E-state index is -1.26. The Morgan fingerprint density at radius 3 is 2.16 bits per heavy atom. The average molecular weight is 517 g/mol. The molecule has 0 spiro atoms. The van der Waals surface area contributed by atoms with Crippen LogP contribution in [0, 0.1) is 5.92 Å². The van der Waals surface area contributed by atoms with Crippen molar-refractivity contribution in [3.05, 3.63) is 54.1 Å². The zero-order valence-electron chi connectivity index (χ0n) is 21.2. The van der Waals surface area contributed by atoms with Crippen LogP contribution in [0.5, 0.6) is 0 Å². The van der Waals surface area contributed by atoms with Gasteiger partial charge in [0.2, 0.25) is 17.7 Å². The number of carbonyl (C=O) groups excluding carboxylic acids is 3. The smallest absolute Gasteiger partial charge is 0.326 e. The molecule has 0 aliphatic heterocycles. The van der Waals surface area contributed by atoms with E-state index >= 15 is 0 Å². The monoisotopic (exact) mass is 516 g/mol. The third-order valence-corrected chi connectivity index (χ3v) is 6.12. The Labute approximate surface area is 215 Å². The van der Waals surface area contributed by atoms with Gasteiger partial charge in [-0.3, -0.25) is 14.4 Å². The Morgan fingerprint density at radius 1 is 0.973 bits per heavy atom. The van der Waals surface area contributed by atoms with Gasteiger partial charge in [0.15, 0.2) is 0 Å². The van der Waals surface area contributed by atoms with Crippen molar-refractivity contribution in [2.75, 3.05) is 0 Å². The number of nitrogens with two attached hydrogens (primary N) is 1. The number of hydrogen-bond donors (Lipinski definition) is 7. The van der Waals surface area contributed by atoms with E-state index in [4.69, 9.17) is 5.73 Å². The number of imidazole rings is 1. The van der Waals surface area contributed by atoms with E-state index in [1.165, 1.54) is 19.4 Å². The highest BCUT2D eigenvalue weighted by molar-refractivity contribution is 5.94. The number of aromatic amines is 1. The lowest BCUT2D eigenvalue weighted by atomic mass is 9.96. The molecule has 2 aromatic rings. The van der Waals surface area contributed by atoms with E-state index in [2.05, 4.69) is 25.9 Å². The Morgan fingerprint density at radius 2 is 1.62 bits per heavy atom. The highest BCUT2D eigenvalue weighted by Gasteiger charge is 2.33. The number of aliphatic carboxylic acids is 1. The van der Waals surface area contributed by atoms with Crippen LogP contribution in [0.2, 0.25) is 0 Å². The van der Waals surface area contributed by atoms with Crippen LogP contribution in [0.25, 0.3) is 0 Å². The van der Waals surface area contributed by atoms with Crippen LogP contribution in [0.1, 0.15) is 38.4 Å². The first-order valence-electron chi connectivity index (χ1n) is 12.1. The molecule has 0 fully saturated rings. The quantitative estimate of drug-likeness (QED) is 0.174. The maximum atomic E-state index is 13.3. The van der Waals surface area contributed by atoms with Crippen LogP contribution >= 0.6 is 0 Å². The molecule has 202 valence electrons. The van der Waals surface area contributed by atoms with Gasteiger partial charge in [-0.15, -0.1) is 0 Å². The number of aromatic nitrogens is 2. The summed E-state index contributed by atoms with van der Waals surface area (Å²) in [5.41, 5.74) is 6.99. The minimum absolute atomic E-state index is 0.0186. The van der Waals surface area contributed by atoms with Crippen LogP contribution in [0.4, 0.5) is 0 Å². The van der Waals surface area contributed by atoms with E-state index in [0.29, 0.717) is 12.1 Å². The lowest BCUT2D eigenvalue weighted by molar-refractivity contribution is -0.142. The van der Waals surface area contributed by atoms with Gasteiger partial charge >= 0.3 is 5.97 Å². The lowest BCUT2D eigenvalue weighted by Gasteiger charge is -2.28. The molecule has 0 saturated heterocycles. The number of aliphatic hydroxyl groups excluding tert-OH is 1. The predicted octanol–water partition coefficient (Wildman–Crippen LogP) is -0.512. The minimum Gasteiger partial charge on any atom is -0.480 e. The summed E-state index contributed by atoms with van der Waals surface area (Å²) in [6.45, 7) is 4.94. The summed E-state index contributed by atoms with van der Waals surface area (Å²) in [5.74, 6) is -3.62. The number of nitrogens with one attached hydrogen (secondary N) is 4. The summed E-state index contributed by atoms with van der Waals surface area (Å²) in [7, 11) is 0. The van der Waals surface area contributed by atoms with Crippen LogP contribution < -0.4 is 21.7 Å². The number of carbonyl (C=O) groups is 4. The topological polar surface area (TPSA) is 200 Å². The summed E-state index contributed by atoms with van der Waals surface area (Å²) in [4.78, 5) is 57.6. The van der Waals surface area contributed by atoms with Gasteiger partial charge < -0.3 is 36.9 Å². The van der Waals surface area contributed by atoms with Crippen molar-refractivity contribution in [3.63, 3.8) is 0 Å². The normalized spacial score (nSPS) is 15.9.